The van der Waals surface area contributed by atoms with Crippen molar-refractivity contribution in [2.75, 3.05) is 40.0 Å². The summed E-state index contributed by atoms with van der Waals surface area (Å²) < 4.78 is 10.3. The van der Waals surface area contributed by atoms with E-state index in [2.05, 4.69) is 0 Å². The summed E-state index contributed by atoms with van der Waals surface area (Å²) in [5.41, 5.74) is -0.783. The molecule has 1 aliphatic heterocycles. The quantitative estimate of drug-likeness (QED) is 0.689. The topological polar surface area (TPSA) is 59.0 Å². The molecule has 0 radical (unpaired) electrons. The van der Waals surface area contributed by atoms with Crippen molar-refractivity contribution in [2.45, 2.75) is 31.8 Å². The van der Waals surface area contributed by atoms with E-state index >= 15 is 0 Å². The molecule has 0 aromatic carbocycles. The second-order valence-corrected chi connectivity index (χ2v) is 4.53. The first-order valence-electron chi connectivity index (χ1n) is 6.19. The van der Waals surface area contributed by atoms with Crippen LogP contribution in [0.15, 0.2) is 0 Å². The predicted octanol–water partition coefficient (Wildman–Crippen LogP) is 0.413. The van der Waals surface area contributed by atoms with Crippen molar-refractivity contribution >= 4 is 5.91 Å². The van der Waals surface area contributed by atoms with E-state index in [1.807, 2.05) is 6.92 Å². The Morgan fingerprint density at radius 2 is 2.12 bits per heavy atom. The van der Waals surface area contributed by atoms with Gasteiger partial charge in [0.05, 0.1) is 18.6 Å². The zero-order chi connectivity index (χ0) is 12.7. The summed E-state index contributed by atoms with van der Waals surface area (Å²) in [6.45, 7) is 4.48. The molecule has 1 fully saturated rings. The maximum absolute atomic E-state index is 11.7. The highest BCUT2D eigenvalue weighted by atomic mass is 16.5. The molecule has 17 heavy (non-hydrogen) atoms. The monoisotopic (exact) mass is 245 g/mol. The molecule has 1 saturated heterocycles. The Labute approximate surface area is 103 Å². The van der Waals surface area contributed by atoms with Crippen molar-refractivity contribution in [3.05, 3.63) is 0 Å². The normalized spacial score (nSPS) is 19.0. The Morgan fingerprint density at radius 3 is 2.71 bits per heavy atom. The van der Waals surface area contributed by atoms with Gasteiger partial charge < -0.3 is 19.5 Å². The predicted molar refractivity (Wildman–Crippen MR) is 63.7 cm³/mol. The van der Waals surface area contributed by atoms with Crippen molar-refractivity contribution in [1.29, 1.82) is 0 Å². The number of carbonyl (C=O) groups is 1. The van der Waals surface area contributed by atoms with Crippen molar-refractivity contribution in [2.24, 2.45) is 0 Å². The van der Waals surface area contributed by atoms with Gasteiger partial charge in [-0.05, 0) is 6.92 Å². The lowest BCUT2D eigenvalue weighted by Crippen LogP contribution is -2.47. The van der Waals surface area contributed by atoms with Crippen LogP contribution in [0.2, 0.25) is 0 Å². The number of likely N-dealkylation sites (N-methyl/N-ethyl adjacent to an activating group) is 1. The highest BCUT2D eigenvalue weighted by Crippen LogP contribution is 2.21. The zero-order valence-electron chi connectivity index (χ0n) is 10.8. The van der Waals surface area contributed by atoms with Gasteiger partial charge in [0.15, 0.2) is 0 Å². The minimum Gasteiger partial charge on any atom is -0.388 e. The van der Waals surface area contributed by atoms with Gasteiger partial charge >= 0.3 is 0 Å². The van der Waals surface area contributed by atoms with E-state index < -0.39 is 5.60 Å². The molecule has 1 heterocycles. The number of amides is 1. The molecule has 0 aromatic heterocycles. The second-order valence-electron chi connectivity index (χ2n) is 4.53. The lowest BCUT2D eigenvalue weighted by molar-refractivity contribution is -0.137. The molecule has 1 amide bonds. The van der Waals surface area contributed by atoms with Gasteiger partial charge in [-0.2, -0.15) is 0 Å². The van der Waals surface area contributed by atoms with Crippen molar-refractivity contribution in [3.8, 4) is 0 Å². The maximum atomic E-state index is 11.7. The maximum Gasteiger partial charge on any atom is 0.224 e. The molecular weight excluding hydrogens is 222 g/mol. The summed E-state index contributed by atoms with van der Waals surface area (Å²) in [7, 11) is 1.72. The van der Waals surface area contributed by atoms with Crippen molar-refractivity contribution in [1.82, 2.24) is 4.90 Å². The minimum atomic E-state index is -0.783. The summed E-state index contributed by atoms with van der Waals surface area (Å²) >= 11 is 0. The average molecular weight is 245 g/mol. The van der Waals surface area contributed by atoms with E-state index in [4.69, 9.17) is 9.47 Å². The van der Waals surface area contributed by atoms with Crippen LogP contribution in [0.3, 0.4) is 0 Å². The second kappa shape index (κ2) is 6.93. The van der Waals surface area contributed by atoms with E-state index in [-0.39, 0.29) is 5.91 Å². The molecule has 0 atom stereocenters. The number of rotatable bonds is 6. The molecular formula is C12H23NO4. The smallest absolute Gasteiger partial charge is 0.224 e. The fourth-order valence-electron chi connectivity index (χ4n) is 1.93. The molecule has 100 valence electrons. The van der Waals surface area contributed by atoms with E-state index in [0.29, 0.717) is 52.2 Å². The fraction of sp³-hybridized carbons (Fsp3) is 0.917. The summed E-state index contributed by atoms with van der Waals surface area (Å²) in [6, 6.07) is 0. The van der Waals surface area contributed by atoms with Crippen LogP contribution in [0.1, 0.15) is 26.2 Å². The standard InChI is InChI=1S/C12H23NO4/c1-3-16-7-4-11(14)13(2)10-12(15)5-8-17-9-6-12/h15H,3-10H2,1-2H3. The van der Waals surface area contributed by atoms with Crippen LogP contribution in [-0.4, -0.2) is 61.5 Å². The van der Waals surface area contributed by atoms with Gasteiger partial charge in [-0.1, -0.05) is 0 Å². The molecule has 0 aromatic rings. The number of hydrogen-bond donors (Lipinski definition) is 1. The number of ether oxygens (including phenoxy) is 2. The van der Waals surface area contributed by atoms with Crippen molar-refractivity contribution in [3.63, 3.8) is 0 Å². The first-order chi connectivity index (χ1) is 8.07. The number of aliphatic hydroxyl groups is 1. The lowest BCUT2D eigenvalue weighted by Gasteiger charge is -2.35. The van der Waals surface area contributed by atoms with Crippen LogP contribution in [-0.2, 0) is 14.3 Å². The third-order valence-corrected chi connectivity index (χ3v) is 3.05. The van der Waals surface area contributed by atoms with Crippen LogP contribution in [0, 0.1) is 0 Å². The van der Waals surface area contributed by atoms with Crippen LogP contribution in [0.25, 0.3) is 0 Å². The van der Waals surface area contributed by atoms with Crippen LogP contribution in [0.5, 0.6) is 0 Å². The summed E-state index contributed by atoms with van der Waals surface area (Å²) in [5, 5.41) is 10.3. The highest BCUT2D eigenvalue weighted by molar-refractivity contribution is 5.76. The highest BCUT2D eigenvalue weighted by Gasteiger charge is 2.32. The molecule has 1 rings (SSSR count). The fourth-order valence-corrected chi connectivity index (χ4v) is 1.93. The zero-order valence-corrected chi connectivity index (χ0v) is 10.8. The number of nitrogens with zero attached hydrogens (tertiary/aromatic N) is 1. The van der Waals surface area contributed by atoms with Crippen molar-refractivity contribution < 1.29 is 19.4 Å². The average Bonchev–Trinajstić information content (AvgIpc) is 2.29. The van der Waals surface area contributed by atoms with E-state index in [1.165, 1.54) is 0 Å². The summed E-state index contributed by atoms with van der Waals surface area (Å²) in [4.78, 5) is 13.3. The SMILES string of the molecule is CCOCCC(=O)N(C)CC1(O)CCOCC1. The molecule has 0 bridgehead atoms. The number of carbonyl (C=O) groups excluding carboxylic acids is 1. The van der Waals surface area contributed by atoms with E-state index in [1.54, 1.807) is 11.9 Å². The Bertz CT molecular complexity index is 239. The van der Waals surface area contributed by atoms with Gasteiger partial charge in [0.1, 0.15) is 0 Å². The summed E-state index contributed by atoms with van der Waals surface area (Å²) in [6.07, 6.45) is 1.56. The molecule has 0 aliphatic carbocycles. The number of hydrogen-bond acceptors (Lipinski definition) is 4. The molecule has 1 N–H and O–H groups in total. The Morgan fingerprint density at radius 1 is 1.47 bits per heavy atom. The lowest BCUT2D eigenvalue weighted by atomic mass is 9.94. The van der Waals surface area contributed by atoms with Crippen LogP contribution >= 0.6 is 0 Å². The summed E-state index contributed by atoms with van der Waals surface area (Å²) in [5.74, 6) is 0.0124. The molecule has 0 spiro atoms. The van der Waals surface area contributed by atoms with Gasteiger partial charge in [-0.3, -0.25) is 4.79 Å². The third-order valence-electron chi connectivity index (χ3n) is 3.05. The van der Waals surface area contributed by atoms with Gasteiger partial charge in [-0.25, -0.2) is 0 Å². The van der Waals surface area contributed by atoms with Crippen LogP contribution in [0.4, 0.5) is 0 Å². The minimum absolute atomic E-state index is 0.0124. The molecule has 5 nitrogen and oxygen atoms in total. The first-order valence-corrected chi connectivity index (χ1v) is 6.19. The van der Waals surface area contributed by atoms with E-state index in [9.17, 15) is 9.90 Å². The molecule has 1 aliphatic rings. The third kappa shape index (κ3) is 5.02. The van der Waals surface area contributed by atoms with Gasteiger partial charge in [0.25, 0.3) is 0 Å². The molecule has 0 saturated carbocycles. The Balaban J connectivity index is 2.31. The molecule has 5 heteroatoms. The Kier molecular flexibility index (Phi) is 5.88. The van der Waals surface area contributed by atoms with Crippen LogP contribution < -0.4 is 0 Å². The largest absolute Gasteiger partial charge is 0.388 e. The molecule has 0 unspecified atom stereocenters. The van der Waals surface area contributed by atoms with E-state index in [0.717, 1.165) is 0 Å². The van der Waals surface area contributed by atoms with Gasteiger partial charge in [0, 0.05) is 46.3 Å². The Hall–Kier alpha value is -0.650. The first kappa shape index (κ1) is 14.4. The van der Waals surface area contributed by atoms with Gasteiger partial charge in [0.2, 0.25) is 5.91 Å². The van der Waals surface area contributed by atoms with Gasteiger partial charge in [-0.15, -0.1) is 0 Å².